The van der Waals surface area contributed by atoms with Crippen molar-refractivity contribution in [3.8, 4) is 0 Å². The van der Waals surface area contributed by atoms with Gasteiger partial charge in [0.05, 0.1) is 32.3 Å². The quantitative estimate of drug-likeness (QED) is 0.754. The van der Waals surface area contributed by atoms with E-state index in [-0.39, 0.29) is 0 Å². The van der Waals surface area contributed by atoms with Crippen LogP contribution in [0.5, 0.6) is 0 Å². The molecule has 7 heteroatoms. The minimum absolute atomic E-state index is 0.472. The molecule has 3 aromatic rings. The van der Waals surface area contributed by atoms with Gasteiger partial charge in [-0.15, -0.1) is 22.7 Å². The molecule has 0 saturated carbocycles. The summed E-state index contributed by atoms with van der Waals surface area (Å²) in [6.07, 6.45) is 1.74. The maximum Gasteiger partial charge on any atom is 0.182 e. The molecule has 92 valence electrons. The van der Waals surface area contributed by atoms with Crippen molar-refractivity contribution in [3.63, 3.8) is 0 Å². The topological polar surface area (TPSA) is 68.9 Å². The largest absolute Gasteiger partial charge is 0.399 e. The Balaban J connectivity index is 1.92. The molecule has 0 aliphatic heterocycles. The third-order valence-electron chi connectivity index (χ3n) is 2.34. The van der Waals surface area contributed by atoms with E-state index in [1.165, 1.54) is 22.7 Å². The van der Waals surface area contributed by atoms with Crippen LogP contribution in [0.3, 0.4) is 0 Å². The molecule has 0 radical (unpaired) electrons. The van der Waals surface area contributed by atoms with Crippen molar-refractivity contribution in [2.24, 2.45) is 0 Å². The minimum Gasteiger partial charge on any atom is -0.399 e. The maximum absolute atomic E-state index is 12.2. The van der Waals surface area contributed by atoms with Gasteiger partial charge in [0.2, 0.25) is 0 Å². The molecule has 0 bridgehead atoms. The molecule has 2 aromatic heterocycles. The molecule has 2 heterocycles. The van der Waals surface area contributed by atoms with Gasteiger partial charge in [0, 0.05) is 16.8 Å². The Morgan fingerprint density at radius 3 is 3.06 bits per heavy atom. The highest BCUT2D eigenvalue weighted by molar-refractivity contribution is 7.86. The number of nitrogens with two attached hydrogens (primary N) is 1. The van der Waals surface area contributed by atoms with Crippen LogP contribution in [0, 0.1) is 0 Å². The molecule has 1 atom stereocenters. The highest BCUT2D eigenvalue weighted by atomic mass is 32.2. The van der Waals surface area contributed by atoms with Crippen LogP contribution in [0.4, 0.5) is 5.69 Å². The predicted molar refractivity (Wildman–Crippen MR) is 76.3 cm³/mol. The molecule has 0 aliphatic rings. The molecule has 1 aromatic carbocycles. The van der Waals surface area contributed by atoms with Gasteiger partial charge in [-0.3, -0.25) is 9.19 Å². The highest BCUT2D eigenvalue weighted by Crippen LogP contribution is 2.27. The first-order chi connectivity index (χ1) is 8.72. The fraction of sp³-hybridized carbons (Fsp3) is 0.0909. The van der Waals surface area contributed by atoms with Gasteiger partial charge in [-0.2, -0.15) is 0 Å². The summed E-state index contributed by atoms with van der Waals surface area (Å²) < 4.78 is 13.8. The summed E-state index contributed by atoms with van der Waals surface area (Å²) in [4.78, 5) is 9.36. The second kappa shape index (κ2) is 4.75. The first kappa shape index (κ1) is 11.8. The van der Waals surface area contributed by atoms with Gasteiger partial charge in [-0.25, -0.2) is 4.98 Å². The Labute approximate surface area is 114 Å². The molecule has 0 spiro atoms. The van der Waals surface area contributed by atoms with Gasteiger partial charge < -0.3 is 5.73 Å². The van der Waals surface area contributed by atoms with Crippen molar-refractivity contribution in [3.05, 3.63) is 34.8 Å². The Bertz CT molecular complexity index is 705. The summed E-state index contributed by atoms with van der Waals surface area (Å²) in [5.41, 5.74) is 9.01. The van der Waals surface area contributed by atoms with Crippen LogP contribution >= 0.6 is 22.7 Å². The highest BCUT2D eigenvalue weighted by Gasteiger charge is 2.12. The molecule has 2 N–H and O–H groups in total. The molecule has 0 saturated heterocycles. The van der Waals surface area contributed by atoms with Crippen LogP contribution < -0.4 is 5.73 Å². The summed E-state index contributed by atoms with van der Waals surface area (Å²) in [5, 5.41) is 0. The van der Waals surface area contributed by atoms with Crippen molar-refractivity contribution in [2.75, 3.05) is 5.73 Å². The van der Waals surface area contributed by atoms with Crippen molar-refractivity contribution in [1.29, 1.82) is 0 Å². The fourth-order valence-corrected chi connectivity index (χ4v) is 4.71. The number of fused-ring (bicyclic) bond motifs is 1. The van der Waals surface area contributed by atoms with E-state index < -0.39 is 10.8 Å². The van der Waals surface area contributed by atoms with Gasteiger partial charge in [-0.1, -0.05) is 0 Å². The zero-order valence-corrected chi connectivity index (χ0v) is 11.6. The second-order valence-electron chi connectivity index (χ2n) is 3.66. The van der Waals surface area contributed by atoms with Gasteiger partial charge >= 0.3 is 0 Å². The zero-order chi connectivity index (χ0) is 12.5. The summed E-state index contributed by atoms with van der Waals surface area (Å²) in [5.74, 6) is 0.472. The van der Waals surface area contributed by atoms with E-state index in [2.05, 4.69) is 9.97 Å². The molecule has 0 aliphatic carbocycles. The predicted octanol–water partition coefficient (Wildman–Crippen LogP) is 2.64. The summed E-state index contributed by atoms with van der Waals surface area (Å²) >= 11 is 2.94. The van der Waals surface area contributed by atoms with Crippen molar-refractivity contribution < 1.29 is 4.21 Å². The molecular formula is C11H9N3OS3. The number of nitrogen functional groups attached to an aromatic ring is 1. The standard InChI is InChI=1S/C11H9N3OS3/c12-7-1-2-9-10(3-7)17-11(14-9)18(15)5-8-4-13-6-16-8/h1-4,6H,5,12H2. The third-order valence-corrected chi connectivity index (χ3v) is 5.98. The molecule has 0 fully saturated rings. The Kier molecular flexibility index (Phi) is 3.11. The van der Waals surface area contributed by atoms with E-state index in [0.717, 1.165) is 15.1 Å². The van der Waals surface area contributed by atoms with Crippen LogP contribution in [0.25, 0.3) is 10.2 Å². The van der Waals surface area contributed by atoms with E-state index in [9.17, 15) is 4.21 Å². The molecule has 3 rings (SSSR count). The van der Waals surface area contributed by atoms with E-state index in [4.69, 9.17) is 5.73 Å². The number of hydrogen-bond acceptors (Lipinski definition) is 6. The van der Waals surface area contributed by atoms with Crippen LogP contribution in [0.2, 0.25) is 0 Å². The zero-order valence-electron chi connectivity index (χ0n) is 9.20. The number of nitrogens with zero attached hydrogens (tertiary/aromatic N) is 2. The van der Waals surface area contributed by atoms with E-state index >= 15 is 0 Å². The number of benzene rings is 1. The number of rotatable bonds is 3. The normalized spacial score (nSPS) is 12.9. The van der Waals surface area contributed by atoms with Gasteiger partial charge in [0.15, 0.2) is 4.34 Å². The molecule has 0 amide bonds. The van der Waals surface area contributed by atoms with E-state index in [1.807, 2.05) is 12.1 Å². The van der Waals surface area contributed by atoms with Gasteiger partial charge in [0.25, 0.3) is 0 Å². The Morgan fingerprint density at radius 1 is 1.39 bits per heavy atom. The first-order valence-corrected chi connectivity index (χ1v) is 8.16. The third kappa shape index (κ3) is 2.29. The monoisotopic (exact) mass is 295 g/mol. The van der Waals surface area contributed by atoms with Crippen molar-refractivity contribution >= 4 is 49.4 Å². The molecule has 1 unspecified atom stereocenters. The Hall–Kier alpha value is -1.31. The van der Waals surface area contributed by atoms with Crippen LogP contribution in [0.15, 0.2) is 34.2 Å². The average Bonchev–Trinajstić information content (AvgIpc) is 2.96. The second-order valence-corrected chi connectivity index (χ2v) is 7.29. The summed E-state index contributed by atoms with van der Waals surface area (Å²) in [6, 6.07) is 5.52. The minimum atomic E-state index is -1.12. The number of anilines is 1. The van der Waals surface area contributed by atoms with Gasteiger partial charge in [-0.05, 0) is 18.2 Å². The molecule has 18 heavy (non-hydrogen) atoms. The lowest BCUT2D eigenvalue weighted by Gasteiger charge is -1.93. The molecular weight excluding hydrogens is 286 g/mol. The van der Waals surface area contributed by atoms with Crippen LogP contribution in [0.1, 0.15) is 4.88 Å². The number of aromatic nitrogens is 2. The maximum atomic E-state index is 12.2. The van der Waals surface area contributed by atoms with Crippen molar-refractivity contribution in [1.82, 2.24) is 9.97 Å². The van der Waals surface area contributed by atoms with Crippen LogP contribution in [-0.2, 0) is 16.6 Å². The lowest BCUT2D eigenvalue weighted by Crippen LogP contribution is -1.93. The van der Waals surface area contributed by atoms with Crippen molar-refractivity contribution in [2.45, 2.75) is 10.1 Å². The SMILES string of the molecule is Nc1ccc2nc(S(=O)Cc3cncs3)sc2c1. The summed E-state index contributed by atoms with van der Waals surface area (Å²) in [7, 11) is -1.12. The molecule has 4 nitrogen and oxygen atoms in total. The number of hydrogen-bond donors (Lipinski definition) is 1. The Morgan fingerprint density at radius 2 is 2.28 bits per heavy atom. The number of thiazole rings is 2. The smallest absolute Gasteiger partial charge is 0.182 e. The average molecular weight is 295 g/mol. The van der Waals surface area contributed by atoms with E-state index in [1.54, 1.807) is 17.8 Å². The lowest BCUT2D eigenvalue weighted by atomic mass is 10.3. The lowest BCUT2D eigenvalue weighted by molar-refractivity contribution is 0.682. The fourth-order valence-electron chi connectivity index (χ4n) is 1.52. The van der Waals surface area contributed by atoms with E-state index in [0.29, 0.717) is 15.8 Å². The summed E-state index contributed by atoms with van der Waals surface area (Å²) in [6.45, 7) is 0. The van der Waals surface area contributed by atoms with Crippen LogP contribution in [-0.4, -0.2) is 14.2 Å². The first-order valence-electron chi connectivity index (χ1n) is 5.14. The van der Waals surface area contributed by atoms with Gasteiger partial charge in [0.1, 0.15) is 0 Å².